The van der Waals surface area contributed by atoms with Crippen LogP contribution < -0.4 is 0 Å². The molecule has 0 aliphatic heterocycles. The summed E-state index contributed by atoms with van der Waals surface area (Å²) in [7, 11) is 0. The van der Waals surface area contributed by atoms with Crippen LogP contribution in [0, 0.1) is 0 Å². The molecule has 1 aliphatic carbocycles. The van der Waals surface area contributed by atoms with E-state index in [1.54, 1.807) is 12.1 Å². The number of nitrogens with zero attached hydrogens (tertiary/aromatic N) is 3. The van der Waals surface area contributed by atoms with E-state index in [0.29, 0.717) is 17.0 Å². The second-order valence-corrected chi connectivity index (χ2v) is 6.70. The van der Waals surface area contributed by atoms with Gasteiger partial charge < -0.3 is 0 Å². The molecule has 0 bridgehead atoms. The highest BCUT2D eigenvalue weighted by molar-refractivity contribution is 5.87. The number of hydrogen-bond donors (Lipinski definition) is 0. The molecule has 0 saturated heterocycles. The molecule has 5 rings (SSSR count). The number of alkyl halides is 3. The second-order valence-electron chi connectivity index (χ2n) is 6.70. The van der Waals surface area contributed by atoms with E-state index in [9.17, 15) is 13.2 Å². The van der Waals surface area contributed by atoms with Crippen molar-refractivity contribution in [3.05, 3.63) is 66.0 Å². The summed E-state index contributed by atoms with van der Waals surface area (Å²) in [6.45, 7) is 0. The minimum Gasteiger partial charge on any atom is -0.228 e. The largest absolute Gasteiger partial charge is 0.433 e. The van der Waals surface area contributed by atoms with Gasteiger partial charge >= 0.3 is 6.18 Å². The fourth-order valence-corrected chi connectivity index (χ4v) is 3.27. The maximum Gasteiger partial charge on any atom is 0.433 e. The molecule has 0 amide bonds. The summed E-state index contributed by atoms with van der Waals surface area (Å²) in [5, 5.41) is 6.16. The van der Waals surface area contributed by atoms with Gasteiger partial charge in [-0.2, -0.15) is 18.3 Å². The first kappa shape index (κ1) is 15.4. The van der Waals surface area contributed by atoms with E-state index in [-0.39, 0.29) is 11.6 Å². The fourth-order valence-electron chi connectivity index (χ4n) is 3.27. The summed E-state index contributed by atoms with van der Waals surface area (Å²) in [4.78, 5) is 4.46. The van der Waals surface area contributed by atoms with Crippen molar-refractivity contribution in [1.29, 1.82) is 0 Å². The van der Waals surface area contributed by atoms with Gasteiger partial charge in [-0.05, 0) is 35.7 Å². The number of benzene rings is 2. The number of hydrogen-bond acceptors (Lipinski definition) is 2. The van der Waals surface area contributed by atoms with Crippen molar-refractivity contribution < 1.29 is 13.2 Å². The quantitative estimate of drug-likeness (QED) is 0.480. The summed E-state index contributed by atoms with van der Waals surface area (Å²) >= 11 is 0. The molecule has 1 fully saturated rings. The van der Waals surface area contributed by atoms with Gasteiger partial charge in [-0.15, -0.1) is 0 Å². The summed E-state index contributed by atoms with van der Waals surface area (Å²) in [6, 6.07) is 16.1. The molecule has 0 spiro atoms. The normalized spacial score (nSPS) is 15.0. The third kappa shape index (κ3) is 2.53. The third-order valence-electron chi connectivity index (χ3n) is 4.78. The van der Waals surface area contributed by atoms with Gasteiger partial charge in [0.2, 0.25) is 0 Å². The van der Waals surface area contributed by atoms with Crippen LogP contribution in [0.5, 0.6) is 0 Å². The first-order valence-electron chi connectivity index (χ1n) is 8.46. The maximum absolute atomic E-state index is 13.6. The number of fused-ring (bicyclic) bond motifs is 2. The molecule has 2 aromatic heterocycles. The van der Waals surface area contributed by atoms with Crippen molar-refractivity contribution in [3.8, 4) is 11.3 Å². The highest BCUT2D eigenvalue weighted by atomic mass is 19.4. The molecule has 0 unspecified atom stereocenters. The monoisotopic (exact) mass is 353 g/mol. The number of aromatic nitrogens is 3. The molecule has 0 radical (unpaired) electrons. The van der Waals surface area contributed by atoms with E-state index < -0.39 is 11.9 Å². The molecule has 2 aromatic carbocycles. The van der Waals surface area contributed by atoms with Crippen molar-refractivity contribution in [1.82, 2.24) is 14.6 Å². The molecule has 1 saturated carbocycles. The van der Waals surface area contributed by atoms with Crippen LogP contribution in [0.4, 0.5) is 13.2 Å². The van der Waals surface area contributed by atoms with Gasteiger partial charge in [0, 0.05) is 17.5 Å². The van der Waals surface area contributed by atoms with Crippen molar-refractivity contribution in [2.24, 2.45) is 0 Å². The van der Waals surface area contributed by atoms with Gasteiger partial charge in [0.1, 0.15) is 0 Å². The lowest BCUT2D eigenvalue weighted by Gasteiger charge is -2.11. The first-order chi connectivity index (χ1) is 12.5. The Labute approximate surface area is 147 Å². The lowest BCUT2D eigenvalue weighted by Crippen LogP contribution is -2.13. The average Bonchev–Trinajstić information content (AvgIpc) is 3.38. The van der Waals surface area contributed by atoms with E-state index in [1.165, 1.54) is 0 Å². The van der Waals surface area contributed by atoms with Crippen molar-refractivity contribution in [3.63, 3.8) is 0 Å². The molecule has 130 valence electrons. The summed E-state index contributed by atoms with van der Waals surface area (Å²) < 4.78 is 41.7. The summed E-state index contributed by atoms with van der Waals surface area (Å²) in [6.07, 6.45) is -2.55. The second kappa shape index (κ2) is 5.30. The van der Waals surface area contributed by atoms with Crippen LogP contribution >= 0.6 is 0 Å². The van der Waals surface area contributed by atoms with E-state index in [4.69, 9.17) is 0 Å². The van der Waals surface area contributed by atoms with Gasteiger partial charge in [0.15, 0.2) is 11.3 Å². The third-order valence-corrected chi connectivity index (χ3v) is 4.78. The van der Waals surface area contributed by atoms with Gasteiger partial charge in [0.05, 0.1) is 11.4 Å². The maximum atomic E-state index is 13.6. The first-order valence-corrected chi connectivity index (χ1v) is 8.46. The van der Waals surface area contributed by atoms with Crippen LogP contribution in [0.3, 0.4) is 0 Å². The van der Waals surface area contributed by atoms with Crippen LogP contribution in [-0.4, -0.2) is 14.6 Å². The van der Waals surface area contributed by atoms with Gasteiger partial charge in [-0.3, -0.25) is 0 Å². The molecule has 0 N–H and O–H groups in total. The Balaban J connectivity index is 1.73. The van der Waals surface area contributed by atoms with E-state index >= 15 is 0 Å². The Bertz CT molecular complexity index is 1140. The zero-order chi connectivity index (χ0) is 17.9. The fraction of sp³-hybridized carbons (Fsp3) is 0.200. The molecular weight excluding hydrogens is 339 g/mol. The molecule has 2 heterocycles. The van der Waals surface area contributed by atoms with Gasteiger partial charge in [-0.1, -0.05) is 36.4 Å². The Kier molecular flexibility index (Phi) is 3.13. The average molecular weight is 353 g/mol. The Morgan fingerprint density at radius 1 is 0.923 bits per heavy atom. The molecule has 1 aliphatic rings. The Hall–Kier alpha value is -2.89. The van der Waals surface area contributed by atoms with E-state index in [2.05, 4.69) is 10.1 Å². The smallest absolute Gasteiger partial charge is 0.228 e. The van der Waals surface area contributed by atoms with Gasteiger partial charge in [-0.25, -0.2) is 9.50 Å². The lowest BCUT2D eigenvalue weighted by molar-refractivity contribution is -0.142. The SMILES string of the molecule is FC(F)(F)c1cc(-c2ccc3ccccc3c2)nc2cc(C3CC3)nn12. The molecule has 6 heteroatoms. The topological polar surface area (TPSA) is 30.2 Å². The molecule has 26 heavy (non-hydrogen) atoms. The minimum absolute atomic E-state index is 0.241. The summed E-state index contributed by atoms with van der Waals surface area (Å²) in [5.74, 6) is 0.266. The van der Waals surface area contributed by atoms with Crippen molar-refractivity contribution in [2.45, 2.75) is 24.9 Å². The van der Waals surface area contributed by atoms with Crippen LogP contribution in [0.25, 0.3) is 27.7 Å². The zero-order valence-electron chi connectivity index (χ0n) is 13.7. The molecule has 0 atom stereocenters. The van der Waals surface area contributed by atoms with Crippen molar-refractivity contribution in [2.75, 3.05) is 0 Å². The zero-order valence-corrected chi connectivity index (χ0v) is 13.7. The van der Waals surface area contributed by atoms with E-state index in [0.717, 1.165) is 34.2 Å². The number of halogens is 3. The van der Waals surface area contributed by atoms with E-state index in [1.807, 2.05) is 36.4 Å². The number of rotatable bonds is 2. The Morgan fingerprint density at radius 3 is 2.42 bits per heavy atom. The highest BCUT2D eigenvalue weighted by Crippen LogP contribution is 2.40. The molecule has 4 aromatic rings. The van der Waals surface area contributed by atoms with Crippen LogP contribution in [-0.2, 0) is 6.18 Å². The van der Waals surface area contributed by atoms with Crippen LogP contribution in [0.2, 0.25) is 0 Å². The lowest BCUT2D eigenvalue weighted by atomic mass is 10.0. The Morgan fingerprint density at radius 2 is 1.69 bits per heavy atom. The molecular formula is C20H14F3N3. The standard InChI is InChI=1S/C20H14F3N3/c21-20(22,23)18-10-16(15-8-5-12-3-1-2-4-14(12)9-15)24-19-11-17(13-6-7-13)25-26(18)19/h1-5,8-11,13H,6-7H2. The van der Waals surface area contributed by atoms with Crippen LogP contribution in [0.15, 0.2) is 54.6 Å². The highest BCUT2D eigenvalue weighted by Gasteiger charge is 2.36. The van der Waals surface area contributed by atoms with Crippen molar-refractivity contribution >= 4 is 16.4 Å². The van der Waals surface area contributed by atoms with Gasteiger partial charge in [0.25, 0.3) is 0 Å². The minimum atomic E-state index is -4.50. The van der Waals surface area contributed by atoms with Crippen LogP contribution in [0.1, 0.15) is 30.1 Å². The molecule has 3 nitrogen and oxygen atoms in total. The summed E-state index contributed by atoms with van der Waals surface area (Å²) in [5.41, 5.74) is 1.10. The predicted molar refractivity (Wildman–Crippen MR) is 92.9 cm³/mol. The predicted octanol–water partition coefficient (Wildman–Crippen LogP) is 5.45.